The zero-order chi connectivity index (χ0) is 17.0. The van der Waals surface area contributed by atoms with Gasteiger partial charge in [-0.1, -0.05) is 0 Å². The average Bonchev–Trinajstić information content (AvgIpc) is 3.21. The molecule has 126 valence electrons. The zero-order valence-electron chi connectivity index (χ0n) is 12.5. The predicted octanol–water partition coefficient (Wildman–Crippen LogP) is 2.62. The highest BCUT2D eigenvalue weighted by atomic mass is 19.3. The zero-order valence-corrected chi connectivity index (χ0v) is 12.5. The van der Waals surface area contributed by atoms with Crippen molar-refractivity contribution in [1.29, 1.82) is 5.26 Å². The highest BCUT2D eigenvalue weighted by molar-refractivity contribution is 5.51. The lowest BCUT2D eigenvalue weighted by Crippen LogP contribution is -2.07. The van der Waals surface area contributed by atoms with E-state index in [0.717, 1.165) is 12.8 Å². The van der Waals surface area contributed by atoms with Crippen molar-refractivity contribution >= 4 is 11.6 Å². The molecule has 0 atom stereocenters. The molecule has 0 aliphatic heterocycles. The number of rotatable bonds is 8. The molecule has 0 saturated heterocycles. The second-order valence-electron chi connectivity index (χ2n) is 5.36. The molecule has 2 aromatic heterocycles. The van der Waals surface area contributed by atoms with E-state index in [2.05, 4.69) is 36.3 Å². The fourth-order valence-corrected chi connectivity index (χ4v) is 2.05. The molecule has 0 bridgehead atoms. The Balaban J connectivity index is 1.55. The summed E-state index contributed by atoms with van der Waals surface area (Å²) in [4.78, 5) is 8.17. The van der Waals surface area contributed by atoms with Gasteiger partial charge in [-0.05, 0) is 12.8 Å². The molecule has 2 aromatic rings. The minimum atomic E-state index is -2.94. The van der Waals surface area contributed by atoms with E-state index in [-0.39, 0.29) is 11.3 Å². The van der Waals surface area contributed by atoms with E-state index in [0.29, 0.717) is 30.5 Å². The SMILES string of the molecule is N#CC1(CCOc2cncc(Nc3cc(OC(F)F)n[nH]3)n2)CC1. The number of nitriles is 1. The number of aromatic nitrogens is 4. The van der Waals surface area contributed by atoms with Crippen LogP contribution in [0.25, 0.3) is 0 Å². The minimum Gasteiger partial charge on any atom is -0.476 e. The Hall–Kier alpha value is -2.96. The Bertz CT molecular complexity index is 741. The first-order valence-electron chi connectivity index (χ1n) is 7.22. The number of alkyl halides is 2. The van der Waals surface area contributed by atoms with Crippen LogP contribution in [0.2, 0.25) is 0 Å². The van der Waals surface area contributed by atoms with Gasteiger partial charge in [-0.2, -0.15) is 19.0 Å². The Morgan fingerprint density at radius 2 is 2.21 bits per heavy atom. The van der Waals surface area contributed by atoms with Gasteiger partial charge in [-0.25, -0.2) is 0 Å². The molecule has 10 heteroatoms. The Kier molecular flexibility index (Phi) is 4.41. The van der Waals surface area contributed by atoms with Crippen molar-refractivity contribution in [2.75, 3.05) is 11.9 Å². The van der Waals surface area contributed by atoms with Crippen LogP contribution in [0.3, 0.4) is 0 Å². The predicted molar refractivity (Wildman–Crippen MR) is 77.9 cm³/mol. The van der Waals surface area contributed by atoms with E-state index in [1.165, 1.54) is 18.5 Å². The number of ether oxygens (including phenoxy) is 2. The van der Waals surface area contributed by atoms with Crippen LogP contribution in [-0.2, 0) is 0 Å². The maximum Gasteiger partial charge on any atom is 0.388 e. The quantitative estimate of drug-likeness (QED) is 0.762. The summed E-state index contributed by atoms with van der Waals surface area (Å²) in [5, 5.41) is 17.9. The smallest absolute Gasteiger partial charge is 0.388 e. The van der Waals surface area contributed by atoms with Gasteiger partial charge in [0.1, 0.15) is 5.82 Å². The summed E-state index contributed by atoms with van der Waals surface area (Å²) in [5.74, 6) is 0.732. The fourth-order valence-electron chi connectivity index (χ4n) is 2.05. The van der Waals surface area contributed by atoms with Gasteiger partial charge in [0.25, 0.3) is 0 Å². The molecular formula is C14H14F2N6O2. The molecule has 3 rings (SSSR count). The van der Waals surface area contributed by atoms with Gasteiger partial charge in [0.15, 0.2) is 5.82 Å². The molecular weight excluding hydrogens is 322 g/mol. The molecule has 1 aliphatic rings. The summed E-state index contributed by atoms with van der Waals surface area (Å²) in [6, 6.07) is 3.56. The molecule has 1 aliphatic carbocycles. The molecule has 2 heterocycles. The first kappa shape index (κ1) is 15.9. The van der Waals surface area contributed by atoms with Crippen LogP contribution in [-0.4, -0.2) is 33.4 Å². The van der Waals surface area contributed by atoms with E-state index in [1.807, 2.05) is 0 Å². The molecule has 0 spiro atoms. The summed E-state index contributed by atoms with van der Waals surface area (Å²) in [5.41, 5.74) is -0.236. The maximum absolute atomic E-state index is 12.1. The molecule has 0 radical (unpaired) electrons. The third-order valence-electron chi connectivity index (χ3n) is 3.56. The molecule has 2 N–H and O–H groups in total. The van der Waals surface area contributed by atoms with E-state index in [4.69, 9.17) is 10.00 Å². The summed E-state index contributed by atoms with van der Waals surface area (Å²) >= 11 is 0. The van der Waals surface area contributed by atoms with Gasteiger partial charge in [0.2, 0.25) is 11.8 Å². The van der Waals surface area contributed by atoms with Gasteiger partial charge in [0, 0.05) is 12.5 Å². The average molecular weight is 336 g/mol. The lowest BCUT2D eigenvalue weighted by atomic mass is 10.1. The van der Waals surface area contributed by atoms with Crippen LogP contribution < -0.4 is 14.8 Å². The van der Waals surface area contributed by atoms with Crippen molar-refractivity contribution in [1.82, 2.24) is 20.2 Å². The lowest BCUT2D eigenvalue weighted by molar-refractivity contribution is -0.0528. The number of halogens is 2. The minimum absolute atomic E-state index is 0.236. The number of anilines is 2. The van der Waals surface area contributed by atoms with Crippen LogP contribution in [0.15, 0.2) is 18.5 Å². The van der Waals surface area contributed by atoms with Gasteiger partial charge in [-0.15, -0.1) is 5.10 Å². The summed E-state index contributed by atoms with van der Waals surface area (Å²) in [6.07, 6.45) is 5.36. The molecule has 0 unspecified atom stereocenters. The normalized spacial score (nSPS) is 14.9. The van der Waals surface area contributed by atoms with Gasteiger partial charge in [-0.3, -0.25) is 10.1 Å². The van der Waals surface area contributed by atoms with Crippen molar-refractivity contribution in [2.24, 2.45) is 5.41 Å². The summed E-state index contributed by atoms with van der Waals surface area (Å²) in [6.45, 7) is -2.57. The third-order valence-corrected chi connectivity index (χ3v) is 3.56. The number of hydrogen-bond donors (Lipinski definition) is 2. The number of H-pyrrole nitrogens is 1. The van der Waals surface area contributed by atoms with Crippen LogP contribution >= 0.6 is 0 Å². The van der Waals surface area contributed by atoms with Crippen LogP contribution in [0.1, 0.15) is 19.3 Å². The molecule has 0 amide bonds. The molecule has 1 saturated carbocycles. The second kappa shape index (κ2) is 6.66. The fraction of sp³-hybridized carbons (Fsp3) is 0.429. The number of aromatic amines is 1. The van der Waals surface area contributed by atoms with Crippen LogP contribution in [0, 0.1) is 16.7 Å². The topological polar surface area (TPSA) is 109 Å². The monoisotopic (exact) mass is 336 g/mol. The van der Waals surface area contributed by atoms with E-state index < -0.39 is 6.61 Å². The first-order valence-corrected chi connectivity index (χ1v) is 7.22. The standard InChI is InChI=1S/C14H14F2N6O2/c15-13(16)24-11-5-9(21-22-11)19-10-6-18-7-12(20-10)23-4-3-14(8-17)1-2-14/h5-7,13H,1-4H2,(H2,19,20,21,22). The summed E-state index contributed by atoms with van der Waals surface area (Å²) < 4.78 is 33.8. The number of nitrogens with zero attached hydrogens (tertiary/aromatic N) is 4. The van der Waals surface area contributed by atoms with Crippen LogP contribution in [0.5, 0.6) is 11.8 Å². The van der Waals surface area contributed by atoms with E-state index in [9.17, 15) is 8.78 Å². The first-order chi connectivity index (χ1) is 11.6. The summed E-state index contributed by atoms with van der Waals surface area (Å²) in [7, 11) is 0. The molecule has 8 nitrogen and oxygen atoms in total. The lowest BCUT2D eigenvalue weighted by Gasteiger charge is -2.08. The Morgan fingerprint density at radius 1 is 1.38 bits per heavy atom. The Labute approximate surface area is 135 Å². The third kappa shape index (κ3) is 4.07. The second-order valence-corrected chi connectivity index (χ2v) is 5.36. The highest BCUT2D eigenvalue weighted by Crippen LogP contribution is 2.47. The van der Waals surface area contributed by atoms with Crippen molar-refractivity contribution < 1.29 is 18.3 Å². The van der Waals surface area contributed by atoms with Gasteiger partial charge in [0.05, 0.1) is 30.5 Å². The van der Waals surface area contributed by atoms with Crippen molar-refractivity contribution in [3.05, 3.63) is 18.5 Å². The van der Waals surface area contributed by atoms with Crippen molar-refractivity contribution in [3.63, 3.8) is 0 Å². The number of nitrogens with one attached hydrogen (secondary N) is 2. The highest BCUT2D eigenvalue weighted by Gasteiger charge is 2.42. The van der Waals surface area contributed by atoms with Gasteiger partial charge >= 0.3 is 6.61 Å². The van der Waals surface area contributed by atoms with Crippen molar-refractivity contribution in [2.45, 2.75) is 25.9 Å². The largest absolute Gasteiger partial charge is 0.476 e. The van der Waals surface area contributed by atoms with E-state index >= 15 is 0 Å². The van der Waals surface area contributed by atoms with Gasteiger partial charge < -0.3 is 14.8 Å². The number of hydrogen-bond acceptors (Lipinski definition) is 7. The Morgan fingerprint density at radius 3 is 2.92 bits per heavy atom. The molecule has 0 aromatic carbocycles. The molecule has 24 heavy (non-hydrogen) atoms. The van der Waals surface area contributed by atoms with Crippen LogP contribution in [0.4, 0.5) is 20.4 Å². The maximum atomic E-state index is 12.1. The van der Waals surface area contributed by atoms with E-state index in [1.54, 1.807) is 0 Å². The molecule has 1 fully saturated rings. The van der Waals surface area contributed by atoms with Crippen molar-refractivity contribution in [3.8, 4) is 17.8 Å².